The highest BCUT2D eigenvalue weighted by Crippen LogP contribution is 2.29. The topological polar surface area (TPSA) is 89.9 Å². The first-order valence-electron chi connectivity index (χ1n) is 7.01. The number of carbonyl (C=O) groups is 2. The van der Waals surface area contributed by atoms with Crippen molar-refractivity contribution in [2.24, 2.45) is 5.92 Å². The first-order valence-corrected chi connectivity index (χ1v) is 7.01. The second-order valence-electron chi connectivity index (χ2n) is 5.63. The fourth-order valence-corrected chi connectivity index (χ4v) is 2.52. The van der Waals surface area contributed by atoms with Gasteiger partial charge in [-0.3, -0.25) is 4.79 Å². The van der Waals surface area contributed by atoms with Crippen LogP contribution in [0.5, 0.6) is 0 Å². The van der Waals surface area contributed by atoms with Gasteiger partial charge in [0, 0.05) is 6.54 Å². The number of nitrogens with one attached hydrogen (secondary N) is 1. The van der Waals surface area contributed by atoms with Crippen molar-refractivity contribution in [1.82, 2.24) is 10.2 Å². The van der Waals surface area contributed by atoms with E-state index in [0.29, 0.717) is 18.9 Å². The second kappa shape index (κ2) is 6.23. The SMILES string of the molecule is O=C(O)CN(CC1CC1)C(=O)NC1CCCCC1O. The number of carboxylic acid groups (broad SMARTS) is 1. The lowest BCUT2D eigenvalue weighted by Crippen LogP contribution is -2.51. The zero-order valence-corrected chi connectivity index (χ0v) is 11.0. The summed E-state index contributed by atoms with van der Waals surface area (Å²) in [5, 5.41) is 21.5. The van der Waals surface area contributed by atoms with E-state index in [1.54, 1.807) is 0 Å². The first kappa shape index (κ1) is 14.1. The van der Waals surface area contributed by atoms with E-state index in [0.717, 1.165) is 32.1 Å². The summed E-state index contributed by atoms with van der Waals surface area (Å²) in [7, 11) is 0. The third-order valence-electron chi connectivity index (χ3n) is 3.83. The van der Waals surface area contributed by atoms with Gasteiger partial charge in [-0.1, -0.05) is 12.8 Å². The number of nitrogens with zero attached hydrogens (tertiary/aromatic N) is 1. The molecule has 2 atom stereocenters. The van der Waals surface area contributed by atoms with E-state index in [1.165, 1.54) is 4.90 Å². The summed E-state index contributed by atoms with van der Waals surface area (Å²) in [5.74, 6) is -0.554. The molecule has 2 fully saturated rings. The molecule has 3 N–H and O–H groups in total. The van der Waals surface area contributed by atoms with E-state index in [9.17, 15) is 14.7 Å². The Morgan fingerprint density at radius 2 is 1.84 bits per heavy atom. The number of aliphatic hydroxyl groups excluding tert-OH is 1. The number of hydrogen-bond donors (Lipinski definition) is 3. The van der Waals surface area contributed by atoms with Gasteiger partial charge in [-0.2, -0.15) is 0 Å². The minimum absolute atomic E-state index is 0.239. The quantitative estimate of drug-likeness (QED) is 0.689. The number of urea groups is 1. The van der Waals surface area contributed by atoms with Crippen molar-refractivity contribution in [3.05, 3.63) is 0 Å². The van der Waals surface area contributed by atoms with Crippen molar-refractivity contribution in [2.45, 2.75) is 50.7 Å². The van der Waals surface area contributed by atoms with Gasteiger partial charge in [-0.05, 0) is 31.6 Å². The molecule has 2 amide bonds. The molecule has 0 aromatic carbocycles. The van der Waals surface area contributed by atoms with Crippen LogP contribution in [-0.2, 0) is 4.79 Å². The molecule has 108 valence electrons. The van der Waals surface area contributed by atoms with E-state index in [-0.39, 0.29) is 18.6 Å². The second-order valence-corrected chi connectivity index (χ2v) is 5.63. The molecule has 0 spiro atoms. The molecule has 0 aromatic rings. The van der Waals surface area contributed by atoms with Gasteiger partial charge in [-0.25, -0.2) is 4.79 Å². The minimum atomic E-state index is -1.00. The lowest BCUT2D eigenvalue weighted by Gasteiger charge is -2.31. The summed E-state index contributed by atoms with van der Waals surface area (Å²) in [6, 6.07) is -0.600. The molecule has 0 saturated heterocycles. The van der Waals surface area contributed by atoms with Gasteiger partial charge in [0.05, 0.1) is 12.1 Å². The van der Waals surface area contributed by atoms with Crippen molar-refractivity contribution in [1.29, 1.82) is 0 Å². The molecule has 2 unspecified atom stereocenters. The molecule has 0 aromatic heterocycles. The van der Waals surface area contributed by atoms with Crippen molar-refractivity contribution >= 4 is 12.0 Å². The fraction of sp³-hybridized carbons (Fsp3) is 0.846. The van der Waals surface area contributed by atoms with Crippen LogP contribution in [0.15, 0.2) is 0 Å². The lowest BCUT2D eigenvalue weighted by atomic mass is 9.93. The highest BCUT2D eigenvalue weighted by atomic mass is 16.4. The van der Waals surface area contributed by atoms with Gasteiger partial charge < -0.3 is 20.4 Å². The van der Waals surface area contributed by atoms with Crippen LogP contribution in [0.3, 0.4) is 0 Å². The van der Waals surface area contributed by atoms with Gasteiger partial charge in [0.2, 0.25) is 0 Å². The van der Waals surface area contributed by atoms with E-state index in [4.69, 9.17) is 5.11 Å². The number of rotatable bonds is 5. The summed E-state index contributed by atoms with van der Waals surface area (Å²) in [6.45, 7) is 0.228. The average molecular weight is 270 g/mol. The van der Waals surface area contributed by atoms with Crippen molar-refractivity contribution in [2.75, 3.05) is 13.1 Å². The summed E-state index contributed by atoms with van der Waals surface area (Å²) in [5.41, 5.74) is 0. The van der Waals surface area contributed by atoms with Gasteiger partial charge in [0.25, 0.3) is 0 Å². The summed E-state index contributed by atoms with van der Waals surface area (Å²) in [4.78, 5) is 24.2. The Balaban J connectivity index is 1.87. The summed E-state index contributed by atoms with van der Waals surface area (Å²) >= 11 is 0. The highest BCUT2D eigenvalue weighted by Gasteiger charge is 2.30. The molecule has 0 heterocycles. The van der Waals surface area contributed by atoms with Crippen LogP contribution in [0.25, 0.3) is 0 Å². The molecule has 0 radical (unpaired) electrons. The maximum Gasteiger partial charge on any atom is 0.323 e. The first-order chi connectivity index (χ1) is 9.06. The Kier molecular flexibility index (Phi) is 4.63. The minimum Gasteiger partial charge on any atom is -0.480 e. The molecule has 2 aliphatic rings. The zero-order chi connectivity index (χ0) is 13.8. The van der Waals surface area contributed by atoms with Crippen molar-refractivity contribution in [3.8, 4) is 0 Å². The molecule has 6 nitrogen and oxygen atoms in total. The number of carbonyl (C=O) groups excluding carboxylic acids is 1. The number of hydrogen-bond acceptors (Lipinski definition) is 3. The number of amides is 2. The maximum atomic E-state index is 12.1. The number of carboxylic acids is 1. The molecule has 19 heavy (non-hydrogen) atoms. The van der Waals surface area contributed by atoms with Crippen LogP contribution >= 0.6 is 0 Å². The van der Waals surface area contributed by atoms with E-state index in [1.807, 2.05) is 0 Å². The Hall–Kier alpha value is -1.30. The Labute approximate surface area is 112 Å². The van der Waals surface area contributed by atoms with E-state index >= 15 is 0 Å². The smallest absolute Gasteiger partial charge is 0.323 e. The van der Waals surface area contributed by atoms with Crippen LogP contribution in [0.2, 0.25) is 0 Å². The van der Waals surface area contributed by atoms with Crippen molar-refractivity contribution < 1.29 is 19.8 Å². The Morgan fingerprint density at radius 1 is 1.16 bits per heavy atom. The molecule has 2 aliphatic carbocycles. The number of aliphatic carboxylic acids is 1. The van der Waals surface area contributed by atoms with Gasteiger partial charge in [-0.15, -0.1) is 0 Å². The molecule has 2 rings (SSSR count). The molecule has 2 saturated carbocycles. The zero-order valence-electron chi connectivity index (χ0n) is 11.0. The van der Waals surface area contributed by atoms with E-state index in [2.05, 4.69) is 5.32 Å². The lowest BCUT2D eigenvalue weighted by molar-refractivity contribution is -0.137. The normalized spacial score (nSPS) is 26.8. The molecule has 0 aliphatic heterocycles. The summed E-state index contributed by atoms with van der Waals surface area (Å²) in [6.07, 6.45) is 5.05. The largest absolute Gasteiger partial charge is 0.480 e. The standard InChI is InChI=1S/C13H22N2O4/c16-11-4-2-1-3-10(11)14-13(19)15(8-12(17)18)7-9-5-6-9/h9-11,16H,1-8H2,(H,14,19)(H,17,18). The Morgan fingerprint density at radius 3 is 2.42 bits per heavy atom. The van der Waals surface area contributed by atoms with Crippen LogP contribution < -0.4 is 5.32 Å². The highest BCUT2D eigenvalue weighted by molar-refractivity contribution is 5.80. The monoisotopic (exact) mass is 270 g/mol. The average Bonchev–Trinajstić information content (AvgIpc) is 3.14. The third kappa shape index (κ3) is 4.38. The fourth-order valence-electron chi connectivity index (χ4n) is 2.52. The van der Waals surface area contributed by atoms with Crippen LogP contribution in [0, 0.1) is 5.92 Å². The van der Waals surface area contributed by atoms with Gasteiger partial charge >= 0.3 is 12.0 Å². The van der Waals surface area contributed by atoms with Crippen LogP contribution in [-0.4, -0.2) is 52.3 Å². The van der Waals surface area contributed by atoms with Crippen LogP contribution in [0.4, 0.5) is 4.79 Å². The molecule has 6 heteroatoms. The molecular weight excluding hydrogens is 248 g/mol. The maximum absolute atomic E-state index is 12.1. The summed E-state index contributed by atoms with van der Waals surface area (Å²) < 4.78 is 0. The van der Waals surface area contributed by atoms with Gasteiger partial charge in [0.15, 0.2) is 0 Å². The molecular formula is C13H22N2O4. The Bertz CT molecular complexity index is 344. The van der Waals surface area contributed by atoms with E-state index < -0.39 is 12.1 Å². The van der Waals surface area contributed by atoms with Crippen LogP contribution in [0.1, 0.15) is 38.5 Å². The predicted molar refractivity (Wildman–Crippen MR) is 68.7 cm³/mol. The third-order valence-corrected chi connectivity index (χ3v) is 3.83. The predicted octanol–water partition coefficient (Wildman–Crippen LogP) is 0.796. The number of aliphatic hydroxyl groups is 1. The van der Waals surface area contributed by atoms with Gasteiger partial charge in [0.1, 0.15) is 6.54 Å². The molecule has 0 bridgehead atoms. The van der Waals surface area contributed by atoms with Crippen molar-refractivity contribution in [3.63, 3.8) is 0 Å².